The molecule has 2 heterocycles. The van der Waals surface area contributed by atoms with Gasteiger partial charge < -0.3 is 19.7 Å². The Kier molecular flexibility index (Phi) is 3.61. The van der Waals surface area contributed by atoms with Gasteiger partial charge in [0.2, 0.25) is 5.43 Å². The first-order chi connectivity index (χ1) is 11.0. The van der Waals surface area contributed by atoms with Gasteiger partial charge in [-0.2, -0.15) is 0 Å². The lowest BCUT2D eigenvalue weighted by Crippen LogP contribution is -2.41. The second kappa shape index (κ2) is 5.60. The fourth-order valence-corrected chi connectivity index (χ4v) is 2.64. The van der Waals surface area contributed by atoms with E-state index in [1.807, 2.05) is 30.3 Å². The lowest BCUT2D eigenvalue weighted by Gasteiger charge is -2.30. The highest BCUT2D eigenvalue weighted by Gasteiger charge is 2.30. The third-order valence-corrected chi connectivity index (χ3v) is 3.80. The van der Waals surface area contributed by atoms with Crippen LogP contribution in [0.2, 0.25) is 0 Å². The molecule has 2 N–H and O–H groups in total. The Morgan fingerprint density at radius 1 is 1.13 bits per heavy atom. The molecule has 0 fully saturated rings. The highest BCUT2D eigenvalue weighted by Crippen LogP contribution is 2.21. The summed E-state index contributed by atoms with van der Waals surface area (Å²) in [5.74, 6) is -2.74. The molecule has 0 saturated carbocycles. The average molecular weight is 314 g/mol. The zero-order valence-corrected chi connectivity index (χ0v) is 12.1. The van der Waals surface area contributed by atoms with Gasteiger partial charge in [0.05, 0.1) is 0 Å². The summed E-state index contributed by atoms with van der Waals surface area (Å²) in [6, 6.07) is 9.35. The van der Waals surface area contributed by atoms with E-state index in [0.29, 0.717) is 19.6 Å². The standard InChI is InChI=1S/C16H14N2O5/c19-13-11(16(22)23)9-17-6-7-18(15(21)12(17)14(13)20)8-10-4-2-1-3-5-10/h1-5,9,20H,6-8H2,(H,22,23). The molecule has 0 radical (unpaired) electrons. The van der Waals surface area contributed by atoms with E-state index < -0.39 is 28.6 Å². The zero-order chi connectivity index (χ0) is 16.6. The molecule has 2 aromatic rings. The first-order valence-electron chi connectivity index (χ1n) is 7.02. The first kappa shape index (κ1) is 14.8. The van der Waals surface area contributed by atoms with Crippen LogP contribution in [-0.4, -0.2) is 38.1 Å². The summed E-state index contributed by atoms with van der Waals surface area (Å²) in [4.78, 5) is 37.0. The van der Waals surface area contributed by atoms with Crippen LogP contribution in [0.1, 0.15) is 26.4 Å². The molecule has 23 heavy (non-hydrogen) atoms. The largest absolute Gasteiger partial charge is 0.503 e. The van der Waals surface area contributed by atoms with Crippen molar-refractivity contribution in [2.24, 2.45) is 0 Å². The van der Waals surface area contributed by atoms with Crippen LogP contribution >= 0.6 is 0 Å². The third kappa shape index (κ3) is 2.57. The van der Waals surface area contributed by atoms with E-state index in [4.69, 9.17) is 5.11 Å². The van der Waals surface area contributed by atoms with Crippen LogP contribution in [-0.2, 0) is 13.1 Å². The number of rotatable bonds is 3. The number of fused-ring (bicyclic) bond motifs is 1. The monoisotopic (exact) mass is 314 g/mol. The summed E-state index contributed by atoms with van der Waals surface area (Å²) < 4.78 is 1.32. The van der Waals surface area contributed by atoms with Crippen LogP contribution in [0.5, 0.6) is 5.75 Å². The number of benzene rings is 1. The SMILES string of the molecule is O=C(O)c1cn2c(c(O)c1=O)C(=O)N(Cc1ccccc1)CC2. The molecule has 1 amide bonds. The number of aromatic carboxylic acids is 1. The molecule has 0 spiro atoms. The molecule has 3 rings (SSSR count). The van der Waals surface area contributed by atoms with Crippen LogP contribution in [0.15, 0.2) is 41.3 Å². The van der Waals surface area contributed by atoms with Gasteiger partial charge in [-0.3, -0.25) is 9.59 Å². The van der Waals surface area contributed by atoms with Gasteiger partial charge in [0, 0.05) is 25.8 Å². The Morgan fingerprint density at radius 3 is 2.48 bits per heavy atom. The molecule has 0 aliphatic carbocycles. The van der Waals surface area contributed by atoms with Crippen molar-refractivity contribution in [3.05, 3.63) is 63.6 Å². The van der Waals surface area contributed by atoms with E-state index in [9.17, 15) is 19.5 Å². The molecule has 118 valence electrons. The van der Waals surface area contributed by atoms with E-state index in [-0.39, 0.29) is 5.69 Å². The number of amides is 1. The van der Waals surface area contributed by atoms with Crippen molar-refractivity contribution in [3.8, 4) is 5.75 Å². The van der Waals surface area contributed by atoms with Crippen molar-refractivity contribution in [1.82, 2.24) is 9.47 Å². The molecule has 7 nitrogen and oxygen atoms in total. The Balaban J connectivity index is 1.99. The number of nitrogens with zero attached hydrogens (tertiary/aromatic N) is 2. The smallest absolute Gasteiger partial charge is 0.341 e. The van der Waals surface area contributed by atoms with E-state index in [0.717, 1.165) is 11.8 Å². The van der Waals surface area contributed by atoms with Crippen molar-refractivity contribution in [2.75, 3.05) is 6.54 Å². The number of aromatic nitrogens is 1. The van der Waals surface area contributed by atoms with Gasteiger partial charge in [-0.05, 0) is 5.56 Å². The highest BCUT2D eigenvalue weighted by molar-refractivity contribution is 5.97. The fourth-order valence-electron chi connectivity index (χ4n) is 2.64. The molecule has 1 aromatic heterocycles. The Hall–Kier alpha value is -3.09. The molecule has 1 aromatic carbocycles. The maximum absolute atomic E-state index is 12.5. The molecule has 0 atom stereocenters. The Labute approximate surface area is 131 Å². The van der Waals surface area contributed by atoms with Crippen LogP contribution in [0.4, 0.5) is 0 Å². The molecule has 1 aliphatic heterocycles. The number of hydrogen-bond donors (Lipinski definition) is 2. The summed E-state index contributed by atoms with van der Waals surface area (Å²) >= 11 is 0. The summed E-state index contributed by atoms with van der Waals surface area (Å²) in [5.41, 5.74) is -0.824. The highest BCUT2D eigenvalue weighted by atomic mass is 16.4. The Bertz CT molecular complexity index is 842. The van der Waals surface area contributed by atoms with E-state index >= 15 is 0 Å². The van der Waals surface area contributed by atoms with Crippen molar-refractivity contribution < 1.29 is 19.8 Å². The van der Waals surface area contributed by atoms with Crippen LogP contribution in [0.3, 0.4) is 0 Å². The van der Waals surface area contributed by atoms with Gasteiger partial charge in [-0.15, -0.1) is 0 Å². The van der Waals surface area contributed by atoms with Gasteiger partial charge >= 0.3 is 5.97 Å². The van der Waals surface area contributed by atoms with Gasteiger partial charge in [0.1, 0.15) is 5.56 Å². The zero-order valence-electron chi connectivity index (χ0n) is 12.1. The molecule has 0 unspecified atom stereocenters. The van der Waals surface area contributed by atoms with Gasteiger partial charge in [-0.1, -0.05) is 30.3 Å². The number of hydrogen-bond acceptors (Lipinski definition) is 4. The van der Waals surface area contributed by atoms with E-state index in [2.05, 4.69) is 0 Å². The molecular weight excluding hydrogens is 300 g/mol. The summed E-state index contributed by atoms with van der Waals surface area (Å²) in [5, 5.41) is 19.0. The van der Waals surface area contributed by atoms with Crippen molar-refractivity contribution in [2.45, 2.75) is 13.1 Å². The number of carbonyl (C=O) groups excluding carboxylic acids is 1. The topological polar surface area (TPSA) is 99.8 Å². The molecular formula is C16H14N2O5. The molecule has 0 bridgehead atoms. The van der Waals surface area contributed by atoms with Crippen LogP contribution in [0.25, 0.3) is 0 Å². The van der Waals surface area contributed by atoms with Crippen molar-refractivity contribution >= 4 is 11.9 Å². The number of carbonyl (C=O) groups is 2. The van der Waals surface area contributed by atoms with E-state index in [1.54, 1.807) is 0 Å². The number of pyridine rings is 1. The second-order valence-corrected chi connectivity index (χ2v) is 5.28. The summed E-state index contributed by atoms with van der Waals surface area (Å²) in [7, 11) is 0. The normalized spacial score (nSPS) is 13.7. The van der Waals surface area contributed by atoms with Crippen LogP contribution in [0, 0.1) is 0 Å². The van der Waals surface area contributed by atoms with Crippen molar-refractivity contribution in [1.29, 1.82) is 0 Å². The van der Waals surface area contributed by atoms with Crippen LogP contribution < -0.4 is 5.43 Å². The number of carboxylic acid groups (broad SMARTS) is 1. The lowest BCUT2D eigenvalue weighted by molar-refractivity contribution is 0.0663. The van der Waals surface area contributed by atoms with Crippen molar-refractivity contribution in [3.63, 3.8) is 0 Å². The molecule has 7 heteroatoms. The molecule has 0 saturated heterocycles. The summed E-state index contributed by atoms with van der Waals surface area (Å²) in [6.45, 7) is 1.03. The second-order valence-electron chi connectivity index (χ2n) is 5.28. The average Bonchev–Trinajstić information content (AvgIpc) is 2.54. The maximum atomic E-state index is 12.5. The predicted molar refractivity (Wildman–Crippen MR) is 80.5 cm³/mol. The minimum absolute atomic E-state index is 0.165. The first-order valence-corrected chi connectivity index (χ1v) is 7.02. The van der Waals surface area contributed by atoms with Gasteiger partial charge in [0.15, 0.2) is 11.4 Å². The Morgan fingerprint density at radius 2 is 1.83 bits per heavy atom. The van der Waals surface area contributed by atoms with E-state index in [1.165, 1.54) is 9.47 Å². The fraction of sp³-hybridized carbons (Fsp3) is 0.188. The maximum Gasteiger partial charge on any atom is 0.341 e. The summed E-state index contributed by atoms with van der Waals surface area (Å²) in [6.07, 6.45) is 1.11. The number of aromatic hydroxyl groups is 1. The minimum Gasteiger partial charge on any atom is -0.503 e. The minimum atomic E-state index is -1.43. The van der Waals surface area contributed by atoms with Gasteiger partial charge in [-0.25, -0.2) is 4.79 Å². The lowest BCUT2D eigenvalue weighted by atomic mass is 10.1. The van der Waals surface area contributed by atoms with Gasteiger partial charge in [0.25, 0.3) is 5.91 Å². The third-order valence-electron chi connectivity index (χ3n) is 3.80. The molecule has 1 aliphatic rings. The quantitative estimate of drug-likeness (QED) is 0.877. The number of carboxylic acids is 1. The predicted octanol–water partition coefficient (Wildman–Crippen LogP) is 0.908.